The Balaban J connectivity index is 1.67. The summed E-state index contributed by atoms with van der Waals surface area (Å²) >= 11 is 7.45. The number of primary amides is 1. The number of nitrogens with one attached hydrogen (secondary N) is 1. The van der Waals surface area contributed by atoms with E-state index in [0.29, 0.717) is 17.1 Å². The molecular weight excluding hydrogens is 401 g/mol. The van der Waals surface area contributed by atoms with Gasteiger partial charge >= 0.3 is 0 Å². The third-order valence-electron chi connectivity index (χ3n) is 4.09. The molecule has 0 unspecified atom stereocenters. The lowest BCUT2D eigenvalue weighted by Crippen LogP contribution is -2.18. The minimum absolute atomic E-state index is 0.00383. The van der Waals surface area contributed by atoms with Crippen molar-refractivity contribution in [3.05, 3.63) is 80.0 Å². The summed E-state index contributed by atoms with van der Waals surface area (Å²) in [5, 5.41) is 5.96. The number of carbonyl (C=O) groups excluding carboxylic acids is 2. The van der Waals surface area contributed by atoms with Crippen LogP contribution in [0.5, 0.6) is 0 Å². The van der Waals surface area contributed by atoms with E-state index in [9.17, 15) is 14.0 Å². The van der Waals surface area contributed by atoms with Crippen molar-refractivity contribution in [2.45, 2.75) is 19.8 Å². The molecule has 3 N–H and O–H groups in total. The van der Waals surface area contributed by atoms with Crippen LogP contribution in [0.2, 0.25) is 5.02 Å². The fourth-order valence-electron chi connectivity index (χ4n) is 2.64. The van der Waals surface area contributed by atoms with Crippen LogP contribution >= 0.6 is 22.9 Å². The Morgan fingerprint density at radius 2 is 2.07 bits per heavy atom. The molecule has 0 aliphatic heterocycles. The fourth-order valence-corrected chi connectivity index (χ4v) is 3.68. The number of amides is 2. The van der Waals surface area contributed by atoms with Gasteiger partial charge in [0.2, 0.25) is 11.8 Å². The number of carbonyl (C=O) groups is 2. The average molecular weight is 418 g/mol. The summed E-state index contributed by atoms with van der Waals surface area (Å²) in [5.41, 5.74) is 7.29. The Morgan fingerprint density at radius 3 is 2.79 bits per heavy atom. The largest absolute Gasteiger partial charge is 0.366 e. The van der Waals surface area contributed by atoms with E-state index >= 15 is 0 Å². The number of aromatic nitrogens is 1. The van der Waals surface area contributed by atoms with E-state index in [2.05, 4.69) is 10.3 Å². The zero-order valence-electron chi connectivity index (χ0n) is 15.0. The molecule has 0 aliphatic rings. The molecule has 1 heterocycles. The second-order valence-corrected chi connectivity index (χ2v) is 7.64. The summed E-state index contributed by atoms with van der Waals surface area (Å²) in [7, 11) is 0. The maximum absolute atomic E-state index is 13.9. The van der Waals surface area contributed by atoms with Crippen molar-refractivity contribution >= 4 is 40.4 Å². The molecule has 0 saturated heterocycles. The second kappa shape index (κ2) is 8.50. The maximum atomic E-state index is 13.9. The number of anilines is 1. The van der Waals surface area contributed by atoms with Crippen molar-refractivity contribution in [1.82, 2.24) is 4.98 Å². The van der Waals surface area contributed by atoms with E-state index in [0.717, 1.165) is 16.6 Å². The molecule has 2 amide bonds. The predicted molar refractivity (Wildman–Crippen MR) is 108 cm³/mol. The van der Waals surface area contributed by atoms with Crippen molar-refractivity contribution in [3.63, 3.8) is 0 Å². The van der Waals surface area contributed by atoms with Gasteiger partial charge < -0.3 is 11.1 Å². The minimum Gasteiger partial charge on any atom is -0.366 e. The molecule has 3 rings (SSSR count). The van der Waals surface area contributed by atoms with E-state index in [1.807, 2.05) is 23.6 Å². The molecule has 1 aromatic heterocycles. The number of hydrogen-bond donors (Lipinski definition) is 2. The van der Waals surface area contributed by atoms with Gasteiger partial charge in [-0.05, 0) is 36.8 Å². The lowest BCUT2D eigenvalue weighted by molar-refractivity contribution is -0.115. The van der Waals surface area contributed by atoms with E-state index in [1.54, 1.807) is 6.07 Å². The smallest absolute Gasteiger partial charge is 0.248 e. The van der Waals surface area contributed by atoms with Gasteiger partial charge in [0, 0.05) is 33.6 Å². The zero-order valence-corrected chi connectivity index (χ0v) is 16.5. The van der Waals surface area contributed by atoms with Crippen LogP contribution in [0.15, 0.2) is 41.8 Å². The standard InChI is InChI=1S/C20H17ClFN3O2S/c1-11-16(22)7-13(20(23)27)8-17(11)25-18(26)9-15-10-28-19(24-15)6-12-3-2-4-14(21)5-12/h2-5,7-8,10H,6,9H2,1H3,(H2,23,27)(H,25,26). The lowest BCUT2D eigenvalue weighted by Gasteiger charge is -2.10. The average Bonchev–Trinajstić information content (AvgIpc) is 3.05. The first-order valence-electron chi connectivity index (χ1n) is 8.39. The predicted octanol–water partition coefficient (Wildman–Crippen LogP) is 4.11. The van der Waals surface area contributed by atoms with Gasteiger partial charge in [0.1, 0.15) is 5.82 Å². The molecule has 0 fully saturated rings. The summed E-state index contributed by atoms with van der Waals surface area (Å²) < 4.78 is 13.9. The normalized spacial score (nSPS) is 10.7. The van der Waals surface area contributed by atoms with Crippen molar-refractivity contribution < 1.29 is 14.0 Å². The third-order valence-corrected chi connectivity index (χ3v) is 5.22. The van der Waals surface area contributed by atoms with Gasteiger partial charge in [0.15, 0.2) is 0 Å². The molecule has 8 heteroatoms. The summed E-state index contributed by atoms with van der Waals surface area (Å²) in [6.45, 7) is 1.52. The van der Waals surface area contributed by atoms with Crippen molar-refractivity contribution in [2.24, 2.45) is 5.73 Å². The lowest BCUT2D eigenvalue weighted by atomic mass is 10.1. The van der Waals surface area contributed by atoms with E-state index in [4.69, 9.17) is 17.3 Å². The molecule has 2 aromatic carbocycles. The van der Waals surface area contributed by atoms with E-state index in [1.165, 1.54) is 24.3 Å². The molecule has 0 saturated carbocycles. The van der Waals surface area contributed by atoms with Crippen molar-refractivity contribution in [3.8, 4) is 0 Å². The number of nitrogens with zero attached hydrogens (tertiary/aromatic N) is 1. The summed E-state index contributed by atoms with van der Waals surface area (Å²) in [4.78, 5) is 28.1. The Labute approximate surface area is 170 Å². The Kier molecular flexibility index (Phi) is 6.06. The van der Waals surface area contributed by atoms with Crippen LogP contribution in [0.1, 0.15) is 32.2 Å². The second-order valence-electron chi connectivity index (χ2n) is 6.26. The Morgan fingerprint density at radius 1 is 1.29 bits per heavy atom. The monoisotopic (exact) mass is 417 g/mol. The molecular formula is C20H17ClFN3O2S. The van der Waals surface area contributed by atoms with Crippen LogP contribution < -0.4 is 11.1 Å². The summed E-state index contributed by atoms with van der Waals surface area (Å²) in [6.07, 6.45) is 0.658. The topological polar surface area (TPSA) is 85.1 Å². The number of thiazole rings is 1. The van der Waals surface area contributed by atoms with Gasteiger partial charge in [-0.2, -0.15) is 0 Å². The highest BCUT2D eigenvalue weighted by molar-refractivity contribution is 7.09. The highest BCUT2D eigenvalue weighted by atomic mass is 35.5. The molecule has 0 aliphatic carbocycles. The number of benzene rings is 2. The highest BCUT2D eigenvalue weighted by Crippen LogP contribution is 2.22. The van der Waals surface area contributed by atoms with Crippen LogP contribution in [0.25, 0.3) is 0 Å². The first kappa shape index (κ1) is 20.0. The highest BCUT2D eigenvalue weighted by Gasteiger charge is 2.14. The van der Waals surface area contributed by atoms with Crippen LogP contribution in [-0.2, 0) is 17.6 Å². The number of nitrogens with two attached hydrogens (primary N) is 1. The van der Waals surface area contributed by atoms with Crippen LogP contribution in [0.3, 0.4) is 0 Å². The number of hydrogen-bond acceptors (Lipinski definition) is 4. The van der Waals surface area contributed by atoms with E-state index < -0.39 is 11.7 Å². The van der Waals surface area contributed by atoms with Crippen LogP contribution in [0.4, 0.5) is 10.1 Å². The first-order chi connectivity index (χ1) is 13.3. The van der Waals surface area contributed by atoms with Crippen LogP contribution in [-0.4, -0.2) is 16.8 Å². The van der Waals surface area contributed by atoms with Crippen molar-refractivity contribution in [2.75, 3.05) is 5.32 Å². The minimum atomic E-state index is -0.764. The molecule has 5 nitrogen and oxygen atoms in total. The molecule has 144 valence electrons. The molecule has 28 heavy (non-hydrogen) atoms. The Hall–Kier alpha value is -2.77. The molecule has 0 spiro atoms. The van der Waals surface area contributed by atoms with E-state index in [-0.39, 0.29) is 29.1 Å². The van der Waals surface area contributed by atoms with Crippen molar-refractivity contribution in [1.29, 1.82) is 0 Å². The van der Waals surface area contributed by atoms with Gasteiger partial charge in [-0.1, -0.05) is 23.7 Å². The quantitative estimate of drug-likeness (QED) is 0.632. The van der Waals surface area contributed by atoms with Gasteiger partial charge in [-0.3, -0.25) is 9.59 Å². The molecule has 0 atom stereocenters. The Bertz CT molecular complexity index is 1050. The summed E-state index contributed by atoms with van der Waals surface area (Å²) in [6, 6.07) is 9.93. The van der Waals surface area contributed by atoms with Gasteiger partial charge in [0.05, 0.1) is 17.1 Å². The van der Waals surface area contributed by atoms with Gasteiger partial charge in [0.25, 0.3) is 0 Å². The summed E-state index contributed by atoms with van der Waals surface area (Å²) in [5.74, 6) is -1.73. The van der Waals surface area contributed by atoms with Gasteiger partial charge in [-0.15, -0.1) is 11.3 Å². The maximum Gasteiger partial charge on any atom is 0.248 e. The molecule has 3 aromatic rings. The van der Waals surface area contributed by atoms with Crippen LogP contribution in [0, 0.1) is 12.7 Å². The molecule has 0 bridgehead atoms. The molecule has 0 radical (unpaired) electrons. The number of halogens is 2. The fraction of sp³-hybridized carbons (Fsp3) is 0.150. The number of rotatable bonds is 6. The third kappa shape index (κ3) is 4.94. The first-order valence-corrected chi connectivity index (χ1v) is 9.65. The zero-order chi connectivity index (χ0) is 20.3. The van der Waals surface area contributed by atoms with Gasteiger partial charge in [-0.25, -0.2) is 9.37 Å². The SMILES string of the molecule is Cc1c(F)cc(C(N)=O)cc1NC(=O)Cc1csc(Cc2cccc(Cl)c2)n1.